The number of ether oxygens (including phenoxy) is 1. The number of halogens is 4. The summed E-state index contributed by atoms with van der Waals surface area (Å²) in [5.74, 6) is -0.464. The molecule has 0 bridgehead atoms. The molecular weight excluding hydrogens is 396 g/mol. The van der Waals surface area contributed by atoms with Crippen LogP contribution in [0.5, 0.6) is 5.75 Å². The summed E-state index contributed by atoms with van der Waals surface area (Å²) in [6.45, 7) is 1.21. The van der Waals surface area contributed by atoms with Crippen molar-refractivity contribution in [2.75, 3.05) is 0 Å². The molecule has 0 fully saturated rings. The van der Waals surface area contributed by atoms with Gasteiger partial charge in [-0.25, -0.2) is 0 Å². The van der Waals surface area contributed by atoms with Crippen molar-refractivity contribution >= 4 is 28.6 Å². The van der Waals surface area contributed by atoms with Crippen molar-refractivity contribution in [1.82, 2.24) is 0 Å². The normalized spacial score (nSPS) is 11.3. The van der Waals surface area contributed by atoms with Crippen LogP contribution < -0.4 is 4.74 Å². The van der Waals surface area contributed by atoms with Gasteiger partial charge in [-0.2, -0.15) is 13.2 Å². The molecule has 0 saturated carbocycles. The molecule has 0 spiro atoms. The van der Waals surface area contributed by atoms with Crippen molar-refractivity contribution in [3.63, 3.8) is 0 Å². The van der Waals surface area contributed by atoms with E-state index in [1.807, 2.05) is 0 Å². The summed E-state index contributed by atoms with van der Waals surface area (Å²) >= 11 is 1.58. The third-order valence-electron chi connectivity index (χ3n) is 2.71. The smallest absolute Gasteiger partial charge is 0.417 e. The fourth-order valence-electron chi connectivity index (χ4n) is 1.85. The van der Waals surface area contributed by atoms with E-state index >= 15 is 0 Å². The summed E-state index contributed by atoms with van der Waals surface area (Å²) < 4.78 is 44.1. The van der Waals surface area contributed by atoms with Gasteiger partial charge in [-0.1, -0.05) is 30.3 Å². The SMILES string of the molecule is CC(=O)Oc1cc(I)c(C(F)(F)F)cc1-c1ccccc1. The molecule has 2 aromatic carbocycles. The van der Waals surface area contributed by atoms with Crippen LogP contribution in [0.4, 0.5) is 13.2 Å². The van der Waals surface area contributed by atoms with Crippen LogP contribution in [-0.4, -0.2) is 5.97 Å². The summed E-state index contributed by atoms with van der Waals surface area (Å²) in [6, 6.07) is 10.7. The second-order valence-electron chi connectivity index (χ2n) is 4.29. The van der Waals surface area contributed by atoms with Crippen LogP contribution in [0.15, 0.2) is 42.5 Å². The lowest BCUT2D eigenvalue weighted by molar-refractivity contribution is -0.138. The minimum atomic E-state index is -4.46. The van der Waals surface area contributed by atoms with Gasteiger partial charge in [0.2, 0.25) is 0 Å². The molecule has 2 aromatic rings. The number of carbonyl (C=O) groups is 1. The Morgan fingerprint density at radius 3 is 2.29 bits per heavy atom. The maximum atomic E-state index is 13.0. The van der Waals surface area contributed by atoms with Crippen LogP contribution in [0.3, 0.4) is 0 Å². The molecule has 2 nitrogen and oxygen atoms in total. The van der Waals surface area contributed by atoms with E-state index in [4.69, 9.17) is 4.74 Å². The number of esters is 1. The molecule has 0 saturated heterocycles. The number of hydrogen-bond donors (Lipinski definition) is 0. The zero-order valence-corrected chi connectivity index (χ0v) is 13.0. The summed E-state index contributed by atoms with van der Waals surface area (Å²) in [7, 11) is 0. The highest BCUT2D eigenvalue weighted by atomic mass is 127. The van der Waals surface area contributed by atoms with E-state index in [0.717, 1.165) is 6.07 Å². The first-order chi connectivity index (χ1) is 9.79. The lowest BCUT2D eigenvalue weighted by Crippen LogP contribution is -2.10. The second-order valence-corrected chi connectivity index (χ2v) is 5.45. The van der Waals surface area contributed by atoms with Crippen LogP contribution in [0.2, 0.25) is 0 Å². The van der Waals surface area contributed by atoms with Crippen molar-refractivity contribution < 1.29 is 22.7 Å². The van der Waals surface area contributed by atoms with Gasteiger partial charge in [-0.05, 0) is 40.3 Å². The Bertz CT molecular complexity index is 667. The maximum Gasteiger partial charge on any atom is 0.417 e. The molecule has 0 aliphatic carbocycles. The largest absolute Gasteiger partial charge is 0.426 e. The van der Waals surface area contributed by atoms with Crippen molar-refractivity contribution in [2.45, 2.75) is 13.1 Å². The highest BCUT2D eigenvalue weighted by Crippen LogP contribution is 2.40. The second kappa shape index (κ2) is 6.05. The topological polar surface area (TPSA) is 26.3 Å². The quantitative estimate of drug-likeness (QED) is 0.403. The van der Waals surface area contributed by atoms with E-state index in [-0.39, 0.29) is 14.9 Å². The van der Waals surface area contributed by atoms with E-state index in [2.05, 4.69) is 0 Å². The Morgan fingerprint density at radius 2 is 1.76 bits per heavy atom. The van der Waals surface area contributed by atoms with Gasteiger partial charge in [0.05, 0.1) is 5.56 Å². The molecule has 2 rings (SSSR count). The summed E-state index contributed by atoms with van der Waals surface area (Å²) in [5.41, 5.74) is 0.0343. The Morgan fingerprint density at radius 1 is 1.14 bits per heavy atom. The molecule has 0 atom stereocenters. The Labute approximate surface area is 133 Å². The Hall–Kier alpha value is -1.57. The van der Waals surface area contributed by atoms with Crippen molar-refractivity contribution in [2.24, 2.45) is 0 Å². The van der Waals surface area contributed by atoms with Crippen molar-refractivity contribution in [3.8, 4) is 16.9 Å². The standard InChI is InChI=1S/C15H10F3IO2/c1-9(20)21-14-8-13(19)12(15(16,17)18)7-11(14)10-5-3-2-4-6-10/h2-8H,1H3. The monoisotopic (exact) mass is 406 g/mol. The number of hydrogen-bond acceptors (Lipinski definition) is 2. The Kier molecular flexibility index (Phi) is 4.55. The average Bonchev–Trinajstić information content (AvgIpc) is 2.37. The lowest BCUT2D eigenvalue weighted by atomic mass is 10.0. The number of carbonyl (C=O) groups excluding carboxylic acids is 1. The van der Waals surface area contributed by atoms with Crippen molar-refractivity contribution in [3.05, 3.63) is 51.6 Å². The minimum Gasteiger partial charge on any atom is -0.426 e. The van der Waals surface area contributed by atoms with Crippen LogP contribution in [0.1, 0.15) is 12.5 Å². The number of rotatable bonds is 2. The summed E-state index contributed by atoms with van der Waals surface area (Å²) in [5, 5.41) is 0. The number of benzene rings is 2. The van der Waals surface area contributed by atoms with Gasteiger partial charge in [0.25, 0.3) is 0 Å². The fraction of sp³-hybridized carbons (Fsp3) is 0.133. The van der Waals surface area contributed by atoms with Gasteiger partial charge in [0.15, 0.2) is 0 Å². The molecule has 0 aliphatic heterocycles. The molecule has 0 aromatic heterocycles. The van der Waals surface area contributed by atoms with E-state index in [1.54, 1.807) is 52.9 Å². The molecule has 110 valence electrons. The highest BCUT2D eigenvalue weighted by molar-refractivity contribution is 14.1. The van der Waals surface area contributed by atoms with Gasteiger partial charge < -0.3 is 4.74 Å². The third-order valence-corrected chi connectivity index (χ3v) is 3.61. The lowest BCUT2D eigenvalue weighted by Gasteiger charge is -2.15. The van der Waals surface area contributed by atoms with Crippen LogP contribution in [0.25, 0.3) is 11.1 Å². The van der Waals surface area contributed by atoms with Crippen LogP contribution in [-0.2, 0) is 11.0 Å². The molecule has 0 unspecified atom stereocenters. The zero-order valence-electron chi connectivity index (χ0n) is 10.9. The molecule has 6 heteroatoms. The zero-order chi connectivity index (χ0) is 15.6. The van der Waals surface area contributed by atoms with E-state index in [9.17, 15) is 18.0 Å². The van der Waals surface area contributed by atoms with Gasteiger partial charge in [0, 0.05) is 16.1 Å². The predicted molar refractivity (Wildman–Crippen MR) is 80.9 cm³/mol. The maximum absolute atomic E-state index is 13.0. The van der Waals surface area contributed by atoms with E-state index < -0.39 is 17.7 Å². The molecule has 0 radical (unpaired) electrons. The fourth-order valence-corrected chi connectivity index (χ4v) is 2.60. The highest BCUT2D eigenvalue weighted by Gasteiger charge is 2.34. The van der Waals surface area contributed by atoms with Gasteiger partial charge >= 0.3 is 12.1 Å². The first-order valence-electron chi connectivity index (χ1n) is 5.93. The summed E-state index contributed by atoms with van der Waals surface area (Å²) in [4.78, 5) is 11.1. The molecule has 0 aliphatic rings. The molecule has 0 heterocycles. The average molecular weight is 406 g/mol. The predicted octanol–water partition coefficient (Wildman–Crippen LogP) is 4.90. The summed E-state index contributed by atoms with van der Waals surface area (Å²) in [6.07, 6.45) is -4.46. The van der Waals surface area contributed by atoms with Gasteiger partial charge in [-0.15, -0.1) is 0 Å². The third kappa shape index (κ3) is 3.75. The number of alkyl halides is 3. The van der Waals surface area contributed by atoms with Gasteiger partial charge in [-0.3, -0.25) is 4.79 Å². The van der Waals surface area contributed by atoms with Gasteiger partial charge in [0.1, 0.15) is 5.75 Å². The first kappa shape index (κ1) is 15.8. The molecule has 0 amide bonds. The van der Waals surface area contributed by atoms with Crippen molar-refractivity contribution in [1.29, 1.82) is 0 Å². The van der Waals surface area contributed by atoms with E-state index in [0.29, 0.717) is 5.56 Å². The van der Waals surface area contributed by atoms with Crippen LogP contribution in [0, 0.1) is 3.57 Å². The van der Waals surface area contributed by atoms with E-state index in [1.165, 1.54) is 13.0 Å². The molecular formula is C15H10F3IO2. The molecule has 21 heavy (non-hydrogen) atoms. The first-order valence-corrected chi connectivity index (χ1v) is 7.01. The van der Waals surface area contributed by atoms with Crippen LogP contribution >= 0.6 is 22.6 Å². The minimum absolute atomic E-state index is 0.0176. The molecule has 0 N–H and O–H groups in total. The Balaban J connectivity index is 2.66.